The summed E-state index contributed by atoms with van der Waals surface area (Å²) in [5.41, 5.74) is 3.14. The Morgan fingerprint density at radius 2 is 1.60 bits per heavy atom. The molecular weight excluding hydrogens is 592 g/mol. The number of piperazine rings is 1. The maximum absolute atomic E-state index is 13.6. The number of carbonyl (C=O) groups is 3. The van der Waals surface area contributed by atoms with Crippen LogP contribution in [0.1, 0.15) is 67.2 Å². The average molecular weight is 641 g/mol. The topological polar surface area (TPSA) is 122 Å². The minimum Gasteiger partial charge on any atom is -0.508 e. The molecule has 250 valence electrons. The fourth-order valence-electron chi connectivity index (χ4n) is 6.36. The van der Waals surface area contributed by atoms with Gasteiger partial charge in [-0.15, -0.1) is 6.58 Å². The Kier molecular flexibility index (Phi) is 12.3. The number of nitrogens with one attached hydrogen (secondary N) is 2. The lowest BCUT2D eigenvalue weighted by Gasteiger charge is -2.47. The molecule has 1 aliphatic rings. The number of carboxylic acids is 1. The van der Waals surface area contributed by atoms with Gasteiger partial charge in [0.25, 0.3) is 5.91 Å². The normalized spacial score (nSPS) is 19.0. The van der Waals surface area contributed by atoms with Crippen LogP contribution >= 0.6 is 0 Å². The maximum atomic E-state index is 13.6. The lowest BCUT2D eigenvalue weighted by molar-refractivity contribution is -0.142. The number of hydrogen-bond acceptors (Lipinski definition) is 6. The number of hydrogen-bond donors (Lipinski definition) is 4. The molecule has 3 aromatic carbocycles. The summed E-state index contributed by atoms with van der Waals surface area (Å²) in [6, 6.07) is 22.3. The predicted molar refractivity (Wildman–Crippen MR) is 184 cm³/mol. The SMILES string of the molecule is C=CCN1C[C@@H](C)N([C@H](c2ccc(C(=O)N[C@@H](Cc3ccccc3)C(=O)N[C@@H](CC(C)C)C(=O)O)cc2)c2cccc(O)c2)C[C@@H]1C. The monoisotopic (exact) mass is 640 g/mol. The van der Waals surface area contributed by atoms with Gasteiger partial charge in [0.15, 0.2) is 0 Å². The van der Waals surface area contributed by atoms with Crippen molar-refractivity contribution in [2.45, 2.75) is 70.7 Å². The van der Waals surface area contributed by atoms with E-state index in [-0.39, 0.29) is 36.6 Å². The quantitative estimate of drug-likeness (QED) is 0.183. The number of benzene rings is 3. The summed E-state index contributed by atoms with van der Waals surface area (Å²) in [6.07, 6.45) is 2.41. The van der Waals surface area contributed by atoms with Crippen LogP contribution < -0.4 is 10.6 Å². The Bertz CT molecular complexity index is 1510. The highest BCUT2D eigenvalue weighted by Crippen LogP contribution is 2.34. The molecule has 0 radical (unpaired) electrons. The van der Waals surface area contributed by atoms with E-state index in [2.05, 4.69) is 40.9 Å². The zero-order chi connectivity index (χ0) is 34.1. The van der Waals surface area contributed by atoms with Gasteiger partial charge < -0.3 is 20.8 Å². The van der Waals surface area contributed by atoms with Crippen LogP contribution in [0.4, 0.5) is 0 Å². The molecule has 4 rings (SSSR count). The van der Waals surface area contributed by atoms with E-state index in [4.69, 9.17) is 0 Å². The van der Waals surface area contributed by atoms with Crippen LogP contribution in [0.15, 0.2) is 91.5 Å². The van der Waals surface area contributed by atoms with Crippen molar-refractivity contribution in [3.05, 3.63) is 114 Å². The molecule has 1 aliphatic heterocycles. The molecule has 0 saturated carbocycles. The van der Waals surface area contributed by atoms with Gasteiger partial charge in [-0.05, 0) is 67.1 Å². The highest BCUT2D eigenvalue weighted by Gasteiger charge is 2.35. The Morgan fingerprint density at radius 3 is 2.21 bits per heavy atom. The van der Waals surface area contributed by atoms with Crippen molar-refractivity contribution in [2.24, 2.45) is 5.92 Å². The number of rotatable bonds is 14. The predicted octanol–water partition coefficient (Wildman–Crippen LogP) is 5.02. The van der Waals surface area contributed by atoms with E-state index in [1.807, 2.05) is 74.5 Å². The summed E-state index contributed by atoms with van der Waals surface area (Å²) in [4.78, 5) is 43.7. The number of phenolic OH excluding ortho intramolecular Hbond substituents is 1. The second-order valence-corrected chi connectivity index (χ2v) is 13.0. The van der Waals surface area contributed by atoms with Gasteiger partial charge in [-0.1, -0.05) is 74.5 Å². The third-order valence-corrected chi connectivity index (χ3v) is 8.76. The first-order chi connectivity index (χ1) is 22.5. The molecule has 9 nitrogen and oxygen atoms in total. The molecule has 4 N–H and O–H groups in total. The first-order valence-electron chi connectivity index (χ1n) is 16.3. The first kappa shape index (κ1) is 35.4. The molecule has 0 aromatic heterocycles. The third-order valence-electron chi connectivity index (χ3n) is 8.76. The van der Waals surface area contributed by atoms with Crippen molar-refractivity contribution in [3.8, 4) is 5.75 Å². The van der Waals surface area contributed by atoms with Crippen LogP contribution in [0.5, 0.6) is 5.75 Å². The van der Waals surface area contributed by atoms with Gasteiger partial charge in [-0.2, -0.15) is 0 Å². The van der Waals surface area contributed by atoms with Crippen molar-refractivity contribution in [1.82, 2.24) is 20.4 Å². The molecule has 0 aliphatic carbocycles. The molecule has 1 saturated heterocycles. The summed E-state index contributed by atoms with van der Waals surface area (Å²) in [5.74, 6) is -1.84. The highest BCUT2D eigenvalue weighted by atomic mass is 16.4. The molecule has 9 heteroatoms. The molecular formula is C38H48N4O5. The zero-order valence-electron chi connectivity index (χ0n) is 27.8. The van der Waals surface area contributed by atoms with Gasteiger partial charge in [-0.25, -0.2) is 4.79 Å². The van der Waals surface area contributed by atoms with E-state index in [1.54, 1.807) is 24.3 Å². The number of aliphatic carboxylic acids is 1. The summed E-state index contributed by atoms with van der Waals surface area (Å²) >= 11 is 0. The molecule has 2 amide bonds. The van der Waals surface area contributed by atoms with Crippen molar-refractivity contribution >= 4 is 17.8 Å². The molecule has 0 unspecified atom stereocenters. The van der Waals surface area contributed by atoms with Gasteiger partial charge in [0.1, 0.15) is 17.8 Å². The van der Waals surface area contributed by atoms with E-state index in [9.17, 15) is 24.6 Å². The Hall–Kier alpha value is -4.47. The fourth-order valence-corrected chi connectivity index (χ4v) is 6.36. The molecule has 0 bridgehead atoms. The van der Waals surface area contributed by atoms with E-state index in [0.29, 0.717) is 11.6 Å². The van der Waals surface area contributed by atoms with Gasteiger partial charge in [-0.3, -0.25) is 19.4 Å². The average Bonchev–Trinajstić information content (AvgIpc) is 3.03. The molecule has 1 heterocycles. The minimum absolute atomic E-state index is 0.0583. The molecule has 1 fully saturated rings. The van der Waals surface area contributed by atoms with Crippen molar-refractivity contribution in [2.75, 3.05) is 19.6 Å². The van der Waals surface area contributed by atoms with Gasteiger partial charge in [0.2, 0.25) is 5.91 Å². The second kappa shape index (κ2) is 16.4. The summed E-state index contributed by atoms with van der Waals surface area (Å²) in [6.45, 7) is 14.6. The van der Waals surface area contributed by atoms with Crippen LogP contribution in [-0.2, 0) is 16.0 Å². The van der Waals surface area contributed by atoms with Crippen molar-refractivity contribution < 1.29 is 24.6 Å². The van der Waals surface area contributed by atoms with Gasteiger partial charge in [0.05, 0.1) is 6.04 Å². The lowest BCUT2D eigenvalue weighted by atomic mass is 9.92. The van der Waals surface area contributed by atoms with Crippen LogP contribution in [0.3, 0.4) is 0 Å². The molecule has 0 spiro atoms. The van der Waals surface area contributed by atoms with Crippen LogP contribution in [-0.4, -0.2) is 81.6 Å². The number of nitrogens with zero attached hydrogens (tertiary/aromatic N) is 2. The summed E-state index contributed by atoms with van der Waals surface area (Å²) in [5, 5.41) is 25.6. The van der Waals surface area contributed by atoms with Crippen molar-refractivity contribution in [3.63, 3.8) is 0 Å². The highest BCUT2D eigenvalue weighted by molar-refractivity contribution is 5.98. The number of carbonyl (C=O) groups excluding carboxylic acids is 2. The fraction of sp³-hybridized carbons (Fsp3) is 0.395. The van der Waals surface area contributed by atoms with Crippen LogP contribution in [0.2, 0.25) is 0 Å². The Labute approximate surface area is 278 Å². The van der Waals surface area contributed by atoms with Gasteiger partial charge >= 0.3 is 5.97 Å². The third kappa shape index (κ3) is 9.53. The Morgan fingerprint density at radius 1 is 0.894 bits per heavy atom. The largest absolute Gasteiger partial charge is 0.508 e. The van der Waals surface area contributed by atoms with E-state index >= 15 is 0 Å². The summed E-state index contributed by atoms with van der Waals surface area (Å²) < 4.78 is 0. The van der Waals surface area contributed by atoms with Crippen LogP contribution in [0, 0.1) is 5.92 Å². The maximum Gasteiger partial charge on any atom is 0.326 e. The van der Waals surface area contributed by atoms with E-state index < -0.39 is 29.9 Å². The van der Waals surface area contributed by atoms with Crippen molar-refractivity contribution in [1.29, 1.82) is 0 Å². The van der Waals surface area contributed by atoms with E-state index in [1.165, 1.54) is 0 Å². The minimum atomic E-state index is -1.11. The number of carboxylic acid groups (broad SMARTS) is 1. The number of amides is 2. The summed E-state index contributed by atoms with van der Waals surface area (Å²) in [7, 11) is 0. The zero-order valence-corrected chi connectivity index (χ0v) is 27.8. The van der Waals surface area contributed by atoms with Gasteiger partial charge in [0, 0.05) is 43.7 Å². The molecule has 5 atom stereocenters. The smallest absolute Gasteiger partial charge is 0.326 e. The standard InChI is InChI=1S/C38H48N4O5/c1-6-19-41-23-27(5)42(24-26(41)4)35(31-13-10-14-32(43)22-31)29-15-17-30(18-16-29)36(44)39-33(21-28-11-8-7-9-12-28)37(45)40-34(38(46)47)20-25(2)3/h6-18,22,25-27,33-35,43H,1,19-21,23-24H2,2-5H3,(H,39,44)(H,40,45)(H,46,47)/t26-,27+,33-,34-,35+/m0/s1. The molecule has 47 heavy (non-hydrogen) atoms. The Balaban J connectivity index is 1.58. The van der Waals surface area contributed by atoms with Crippen LogP contribution in [0.25, 0.3) is 0 Å². The molecule has 3 aromatic rings. The number of aromatic hydroxyl groups is 1. The van der Waals surface area contributed by atoms with E-state index in [0.717, 1.165) is 36.3 Å². The second-order valence-electron chi connectivity index (χ2n) is 13.0. The first-order valence-corrected chi connectivity index (χ1v) is 16.3. The lowest BCUT2D eigenvalue weighted by Crippen LogP contribution is -2.57. The number of phenols is 1.